The van der Waals surface area contributed by atoms with Gasteiger partial charge in [-0.2, -0.15) is 5.26 Å². The number of pyridine rings is 1. The number of nitrogens with zero attached hydrogens (tertiary/aromatic N) is 2. The minimum Gasteiger partial charge on any atom is -0.497 e. The highest BCUT2D eigenvalue weighted by Gasteiger charge is 2.14. The molecule has 0 unspecified atom stereocenters. The molecule has 0 radical (unpaired) electrons. The van der Waals surface area contributed by atoms with E-state index in [-0.39, 0.29) is 18.5 Å². The van der Waals surface area contributed by atoms with E-state index < -0.39 is 0 Å². The first-order valence-corrected chi connectivity index (χ1v) is 9.82. The van der Waals surface area contributed by atoms with Crippen LogP contribution in [0.1, 0.15) is 11.1 Å². The Labute approximate surface area is 171 Å². The van der Waals surface area contributed by atoms with Crippen molar-refractivity contribution in [3.05, 3.63) is 53.6 Å². The van der Waals surface area contributed by atoms with Gasteiger partial charge >= 0.3 is 0 Å². The Morgan fingerprint density at radius 1 is 1.24 bits per heavy atom. The summed E-state index contributed by atoms with van der Waals surface area (Å²) in [5, 5.41) is 13.7. The molecule has 0 atom stereocenters. The Hall–Kier alpha value is -3.44. The van der Waals surface area contributed by atoms with Crippen molar-refractivity contribution in [2.45, 2.75) is 11.6 Å². The van der Waals surface area contributed by atoms with Crippen LogP contribution in [0, 0.1) is 11.3 Å². The highest BCUT2D eigenvalue weighted by molar-refractivity contribution is 8.00. The number of aromatic nitrogens is 1. The lowest BCUT2D eigenvalue weighted by molar-refractivity contribution is -0.118. The summed E-state index contributed by atoms with van der Waals surface area (Å²) in [5.41, 5.74) is 2.09. The molecule has 0 saturated carbocycles. The topological polar surface area (TPSA) is 93.5 Å². The Morgan fingerprint density at radius 2 is 2.10 bits per heavy atom. The predicted octanol–water partition coefficient (Wildman–Crippen LogP) is 3.25. The molecule has 1 aliphatic heterocycles. The Kier molecular flexibility index (Phi) is 5.40. The number of nitriles is 1. The first kappa shape index (κ1) is 18.9. The molecule has 2 heterocycles. The number of amides is 1. The maximum Gasteiger partial charge on any atom is 0.231 e. The summed E-state index contributed by atoms with van der Waals surface area (Å²) in [4.78, 5) is 16.8. The molecule has 3 aromatic rings. The molecule has 29 heavy (non-hydrogen) atoms. The van der Waals surface area contributed by atoms with Gasteiger partial charge in [0.05, 0.1) is 23.9 Å². The fourth-order valence-electron chi connectivity index (χ4n) is 2.89. The number of carbonyl (C=O) groups is 1. The van der Waals surface area contributed by atoms with Crippen LogP contribution in [0.25, 0.3) is 10.9 Å². The van der Waals surface area contributed by atoms with E-state index in [2.05, 4.69) is 16.4 Å². The van der Waals surface area contributed by atoms with E-state index in [1.807, 2.05) is 36.4 Å². The predicted molar refractivity (Wildman–Crippen MR) is 108 cm³/mol. The number of methoxy groups -OCH3 is 1. The lowest BCUT2D eigenvalue weighted by Gasteiger charge is -2.08. The Bertz CT molecular complexity index is 1130. The molecule has 146 valence electrons. The van der Waals surface area contributed by atoms with Gasteiger partial charge in [-0.15, -0.1) is 0 Å². The van der Waals surface area contributed by atoms with Crippen LogP contribution in [0.15, 0.2) is 47.5 Å². The summed E-state index contributed by atoms with van der Waals surface area (Å²) in [6.07, 6.45) is 0. The van der Waals surface area contributed by atoms with E-state index in [9.17, 15) is 10.1 Å². The zero-order valence-corrected chi connectivity index (χ0v) is 16.4. The number of hydrogen-bond acceptors (Lipinski definition) is 7. The number of thioether (sulfide) groups is 1. The van der Waals surface area contributed by atoms with Crippen LogP contribution in [0.2, 0.25) is 0 Å². The maximum atomic E-state index is 12.3. The second kappa shape index (κ2) is 8.29. The van der Waals surface area contributed by atoms with Crippen molar-refractivity contribution in [3.8, 4) is 23.3 Å². The van der Waals surface area contributed by atoms with Crippen LogP contribution < -0.4 is 19.5 Å². The molecule has 4 rings (SSSR count). The van der Waals surface area contributed by atoms with E-state index in [1.165, 1.54) is 11.8 Å². The van der Waals surface area contributed by atoms with E-state index in [4.69, 9.17) is 14.2 Å². The van der Waals surface area contributed by atoms with E-state index in [0.717, 1.165) is 16.5 Å². The SMILES string of the molecule is COc1ccc2nc(SCC(=O)NCc3ccc4c(c3)OCO4)c(C#N)cc2c1. The van der Waals surface area contributed by atoms with Crippen LogP contribution in [-0.4, -0.2) is 30.5 Å². The second-order valence-corrected chi connectivity index (χ2v) is 7.23. The van der Waals surface area contributed by atoms with Crippen molar-refractivity contribution < 1.29 is 19.0 Å². The van der Waals surface area contributed by atoms with Crippen LogP contribution in [0.5, 0.6) is 17.2 Å². The van der Waals surface area contributed by atoms with Crippen molar-refractivity contribution in [1.82, 2.24) is 10.3 Å². The summed E-state index contributed by atoms with van der Waals surface area (Å²) < 4.78 is 15.8. The molecule has 0 fully saturated rings. The van der Waals surface area contributed by atoms with Gasteiger partial charge in [0.1, 0.15) is 16.8 Å². The van der Waals surface area contributed by atoms with E-state index in [1.54, 1.807) is 13.2 Å². The highest BCUT2D eigenvalue weighted by Crippen LogP contribution is 2.32. The minimum absolute atomic E-state index is 0.145. The van der Waals surface area contributed by atoms with Gasteiger partial charge in [0.15, 0.2) is 11.5 Å². The van der Waals surface area contributed by atoms with Crippen LogP contribution in [0.4, 0.5) is 0 Å². The van der Waals surface area contributed by atoms with Crippen molar-refractivity contribution in [2.24, 2.45) is 0 Å². The number of rotatable bonds is 6. The fourth-order valence-corrected chi connectivity index (χ4v) is 3.68. The number of hydrogen-bond donors (Lipinski definition) is 1. The molecule has 0 aliphatic carbocycles. The van der Waals surface area contributed by atoms with Crippen molar-refractivity contribution in [3.63, 3.8) is 0 Å². The average molecular weight is 407 g/mol. The standard InChI is InChI=1S/C21H17N3O4S/c1-26-16-3-4-17-14(8-16)7-15(9-22)21(24-17)29-11-20(25)23-10-13-2-5-18-19(6-13)28-12-27-18/h2-8H,10-12H2,1H3,(H,23,25). The number of ether oxygens (including phenoxy) is 3. The van der Waals surface area contributed by atoms with Gasteiger partial charge in [0.25, 0.3) is 0 Å². The van der Waals surface area contributed by atoms with Gasteiger partial charge in [0.2, 0.25) is 12.7 Å². The molecule has 0 saturated heterocycles. The second-order valence-electron chi connectivity index (χ2n) is 6.26. The molecule has 8 heteroatoms. The van der Waals surface area contributed by atoms with Crippen LogP contribution in [-0.2, 0) is 11.3 Å². The van der Waals surface area contributed by atoms with Crippen molar-refractivity contribution in [2.75, 3.05) is 19.7 Å². The molecule has 7 nitrogen and oxygen atoms in total. The van der Waals surface area contributed by atoms with Gasteiger partial charge in [-0.05, 0) is 42.0 Å². The zero-order valence-electron chi connectivity index (χ0n) is 15.6. The normalized spacial score (nSPS) is 11.9. The number of benzene rings is 2. The molecule has 0 bridgehead atoms. The Morgan fingerprint density at radius 3 is 2.93 bits per heavy atom. The first-order chi connectivity index (χ1) is 14.2. The monoisotopic (exact) mass is 407 g/mol. The highest BCUT2D eigenvalue weighted by atomic mass is 32.2. The quantitative estimate of drug-likeness (QED) is 0.627. The van der Waals surface area contributed by atoms with Crippen molar-refractivity contribution >= 4 is 28.6 Å². The molecular formula is C21H17N3O4S. The summed E-state index contributed by atoms with van der Waals surface area (Å²) >= 11 is 1.24. The summed E-state index contributed by atoms with van der Waals surface area (Å²) in [7, 11) is 1.59. The molecule has 1 amide bonds. The van der Waals surface area contributed by atoms with Gasteiger partial charge in [-0.25, -0.2) is 4.98 Å². The summed E-state index contributed by atoms with van der Waals surface area (Å²) in [6.45, 7) is 0.598. The van der Waals surface area contributed by atoms with Crippen molar-refractivity contribution in [1.29, 1.82) is 5.26 Å². The molecule has 1 aliphatic rings. The zero-order chi connectivity index (χ0) is 20.2. The lowest BCUT2D eigenvalue weighted by atomic mass is 10.1. The van der Waals surface area contributed by atoms with E-state index in [0.29, 0.717) is 34.4 Å². The molecular weight excluding hydrogens is 390 g/mol. The third-order valence-corrected chi connectivity index (χ3v) is 5.37. The van der Waals surface area contributed by atoms with Crippen LogP contribution in [0.3, 0.4) is 0 Å². The smallest absolute Gasteiger partial charge is 0.231 e. The van der Waals surface area contributed by atoms with Crippen LogP contribution >= 0.6 is 11.8 Å². The molecule has 1 N–H and O–H groups in total. The molecule has 1 aromatic heterocycles. The van der Waals surface area contributed by atoms with E-state index >= 15 is 0 Å². The number of nitrogens with one attached hydrogen (secondary N) is 1. The minimum atomic E-state index is -0.145. The maximum absolute atomic E-state index is 12.3. The fraction of sp³-hybridized carbons (Fsp3) is 0.190. The first-order valence-electron chi connectivity index (χ1n) is 8.83. The third-order valence-electron chi connectivity index (χ3n) is 4.37. The summed E-state index contributed by atoms with van der Waals surface area (Å²) in [6, 6.07) is 14.9. The largest absolute Gasteiger partial charge is 0.497 e. The Balaban J connectivity index is 1.39. The van der Waals surface area contributed by atoms with Gasteiger partial charge < -0.3 is 19.5 Å². The average Bonchev–Trinajstić information content (AvgIpc) is 3.23. The van der Waals surface area contributed by atoms with Gasteiger partial charge in [-0.3, -0.25) is 4.79 Å². The molecule has 2 aromatic carbocycles. The van der Waals surface area contributed by atoms with Gasteiger partial charge in [-0.1, -0.05) is 17.8 Å². The number of fused-ring (bicyclic) bond motifs is 2. The molecule has 0 spiro atoms. The summed E-state index contributed by atoms with van der Waals surface area (Å²) in [5.74, 6) is 2.11. The third kappa shape index (κ3) is 4.20. The van der Waals surface area contributed by atoms with Gasteiger partial charge in [0, 0.05) is 11.9 Å². The number of carbonyl (C=O) groups excluding carboxylic acids is 1. The lowest BCUT2D eigenvalue weighted by Crippen LogP contribution is -2.24.